The summed E-state index contributed by atoms with van der Waals surface area (Å²) in [6.07, 6.45) is 0. The fourth-order valence-electron chi connectivity index (χ4n) is 0.0373. The van der Waals surface area contributed by atoms with Crippen LogP contribution in [-0.2, 0) is 11.1 Å². The molecule has 1 N–H and O–H groups in total. The summed E-state index contributed by atoms with van der Waals surface area (Å²) in [6, 6.07) is 0. The van der Waals surface area contributed by atoms with Crippen LogP contribution in [0.25, 0.3) is 5.53 Å². The second-order valence-corrected chi connectivity index (χ2v) is 1.47. The van der Waals surface area contributed by atoms with Gasteiger partial charge >= 0.3 is 5.24 Å². The first kappa shape index (κ1) is 6.38. The van der Waals surface area contributed by atoms with Gasteiger partial charge in [-0.05, 0) is 0 Å². The van der Waals surface area contributed by atoms with Gasteiger partial charge in [-0.25, -0.2) is 4.79 Å². The summed E-state index contributed by atoms with van der Waals surface area (Å²) in [5, 5.41) is -0.518. The zero-order valence-corrected chi connectivity index (χ0v) is 3.90. The maximum Gasteiger partial charge on any atom is 0.453 e. The molecule has 5 nitrogen and oxygen atoms in total. The molecule has 0 spiro atoms. The van der Waals surface area contributed by atoms with Crippen molar-refractivity contribution in [1.82, 2.24) is 0 Å². The third-order valence-electron chi connectivity index (χ3n) is 0.243. The lowest BCUT2D eigenvalue weighted by Gasteiger charge is -1.89. The Labute approximate surface area is 41.5 Å². The van der Waals surface area contributed by atoms with E-state index in [9.17, 15) is 13.6 Å². The lowest BCUT2D eigenvalue weighted by molar-refractivity contribution is -0.355. The van der Waals surface area contributed by atoms with Crippen molar-refractivity contribution in [2.45, 2.75) is 0 Å². The third-order valence-corrected chi connectivity index (χ3v) is 0.637. The molecule has 0 saturated carbocycles. The van der Waals surface area contributed by atoms with Crippen LogP contribution in [0, 0.1) is 0 Å². The smallest absolute Gasteiger partial charge is 0.453 e. The van der Waals surface area contributed by atoms with Gasteiger partial charge in [0.15, 0.2) is 0 Å². The molecule has 0 aromatic rings. The van der Waals surface area contributed by atoms with Gasteiger partial charge in [0.25, 0.3) is 0 Å². The summed E-state index contributed by atoms with van der Waals surface area (Å²) in [5.41, 5.74) is 7.51. The van der Waals surface area contributed by atoms with Crippen molar-refractivity contribution >= 4 is 16.3 Å². The van der Waals surface area contributed by atoms with Crippen LogP contribution in [0.1, 0.15) is 0 Å². The predicted octanol–water partition coefficient (Wildman–Crippen LogP) is -1.91. The molecule has 0 heterocycles. The zero-order chi connectivity index (χ0) is 5.86. The number of nitrogens with zero attached hydrogens (tertiary/aromatic N) is 1. The lowest BCUT2D eigenvalue weighted by Crippen LogP contribution is -2.69. The van der Waals surface area contributed by atoms with E-state index in [2.05, 4.69) is 0 Å². The number of hydrogen-bond acceptors (Lipinski definition) is 3. The van der Waals surface area contributed by atoms with Crippen molar-refractivity contribution < 1.29 is 18.7 Å². The van der Waals surface area contributed by atoms with Gasteiger partial charge in [0, 0.05) is 0 Å². The molecule has 0 rings (SSSR count). The first-order chi connectivity index (χ1) is 3.18. The van der Waals surface area contributed by atoms with Crippen molar-refractivity contribution in [3.63, 3.8) is 0 Å². The van der Waals surface area contributed by atoms with Gasteiger partial charge in [-0.2, -0.15) is 0 Å². The number of amides is 1. The van der Waals surface area contributed by atoms with E-state index in [1.54, 1.807) is 0 Å². The number of rotatable bonds is 0. The molecular formula is CHN2O3S-. The summed E-state index contributed by atoms with van der Waals surface area (Å²) in [4.78, 5) is 9.54. The molecule has 1 amide bonds. The van der Waals surface area contributed by atoms with E-state index in [4.69, 9.17) is 5.53 Å². The van der Waals surface area contributed by atoms with E-state index in [1.165, 1.54) is 0 Å². The summed E-state index contributed by atoms with van der Waals surface area (Å²) in [7, 11) is 0. The normalized spacial score (nSPS) is 12.7. The number of carbonyl (C=O) groups excluding carboxylic acids is 1. The van der Waals surface area contributed by atoms with E-state index in [0.717, 1.165) is 5.11 Å². The van der Waals surface area contributed by atoms with Crippen LogP contribution in [0.4, 0.5) is 4.79 Å². The molecule has 7 heavy (non-hydrogen) atoms. The van der Waals surface area contributed by atoms with E-state index in [0.29, 0.717) is 0 Å². The Bertz CT molecular complexity index is 120. The molecule has 0 aliphatic heterocycles. The molecule has 0 radical (unpaired) electrons. The molecule has 0 aromatic heterocycles. The van der Waals surface area contributed by atoms with E-state index in [-0.39, 0.29) is 0 Å². The Hall–Kier alpha value is -0.620. The Morgan fingerprint density at radius 2 is 2.29 bits per heavy atom. The minimum absolute atomic E-state index is 0.913. The molecule has 40 valence electrons. The average molecular weight is 121 g/mol. The molecule has 0 aromatic carbocycles. The summed E-state index contributed by atoms with van der Waals surface area (Å²) < 4.78 is 18.7. The molecule has 0 bridgehead atoms. The summed E-state index contributed by atoms with van der Waals surface area (Å²) >= 11 is -2.86. The Kier molecular flexibility index (Phi) is 2.31. The van der Waals surface area contributed by atoms with Crippen LogP contribution in [0.15, 0.2) is 0 Å². The first-order valence-corrected chi connectivity index (χ1v) is 2.29. The minimum atomic E-state index is -2.86. The van der Waals surface area contributed by atoms with Gasteiger partial charge in [-0.3, -0.25) is 9.32 Å². The van der Waals surface area contributed by atoms with Crippen molar-refractivity contribution in [1.29, 1.82) is 0 Å². The quantitative estimate of drug-likeness (QED) is 0.299. The fourth-order valence-corrected chi connectivity index (χ4v) is 0.112. The van der Waals surface area contributed by atoms with Crippen LogP contribution in [-0.4, -0.2) is 14.0 Å². The highest BCUT2D eigenvalue weighted by Gasteiger charge is 1.96. The van der Waals surface area contributed by atoms with Crippen LogP contribution in [0.2, 0.25) is 0 Å². The SMILES string of the molecule is [N-]=[NH+]C(=O)S(=O)[O-]. The van der Waals surface area contributed by atoms with Crippen molar-refractivity contribution in [3.8, 4) is 0 Å². The van der Waals surface area contributed by atoms with Crippen LogP contribution < -0.4 is 5.11 Å². The third kappa shape index (κ3) is 2.12. The van der Waals surface area contributed by atoms with E-state index in [1.807, 2.05) is 0 Å². The highest BCUT2D eigenvalue weighted by atomic mass is 32.2. The molecule has 0 aliphatic rings. The number of hydrogen-bond donors (Lipinski definition) is 1. The van der Waals surface area contributed by atoms with Gasteiger partial charge in [0.1, 0.15) is 0 Å². The Morgan fingerprint density at radius 3 is 2.29 bits per heavy atom. The molecular weight excluding hydrogens is 120 g/mol. The second kappa shape index (κ2) is 2.54. The number of nitrogens with one attached hydrogen (secondary N) is 1. The maximum atomic E-state index is 9.54. The Morgan fingerprint density at radius 1 is 1.86 bits per heavy atom. The fraction of sp³-hybridized carbons (Fsp3) is 0. The van der Waals surface area contributed by atoms with Gasteiger partial charge < -0.3 is 10.1 Å². The van der Waals surface area contributed by atoms with Crippen molar-refractivity contribution in [3.05, 3.63) is 5.53 Å². The predicted molar refractivity (Wildman–Crippen MR) is 18.6 cm³/mol. The average Bonchev–Trinajstić information content (AvgIpc) is 1.65. The van der Waals surface area contributed by atoms with Gasteiger partial charge in [0.05, 0.1) is 11.1 Å². The lowest BCUT2D eigenvalue weighted by atomic mass is 11.4. The van der Waals surface area contributed by atoms with Crippen molar-refractivity contribution in [2.75, 3.05) is 0 Å². The molecule has 1 atom stereocenters. The zero-order valence-electron chi connectivity index (χ0n) is 3.08. The molecule has 0 fully saturated rings. The van der Waals surface area contributed by atoms with E-state index < -0.39 is 16.3 Å². The largest absolute Gasteiger partial charge is 0.761 e. The second-order valence-electron chi connectivity index (χ2n) is 0.634. The maximum absolute atomic E-state index is 9.54. The van der Waals surface area contributed by atoms with Crippen LogP contribution in [0.3, 0.4) is 0 Å². The number of carbonyl (C=O) groups is 1. The van der Waals surface area contributed by atoms with Crippen LogP contribution in [0.5, 0.6) is 0 Å². The monoisotopic (exact) mass is 121 g/mol. The van der Waals surface area contributed by atoms with Gasteiger partial charge in [-0.15, -0.1) is 0 Å². The standard InChI is InChI=1S/CH2N2O3S/c2-3-1(4)7(5)6/h3H,(H,5,6)/p-1. The molecule has 0 aliphatic carbocycles. The van der Waals surface area contributed by atoms with Crippen LogP contribution >= 0.6 is 0 Å². The topological polar surface area (TPSA) is 93.5 Å². The van der Waals surface area contributed by atoms with Crippen molar-refractivity contribution in [2.24, 2.45) is 0 Å². The molecule has 1 unspecified atom stereocenters. The molecule has 0 saturated heterocycles. The minimum Gasteiger partial charge on any atom is -0.761 e. The first-order valence-electron chi connectivity index (χ1n) is 1.22. The highest BCUT2D eigenvalue weighted by molar-refractivity contribution is 7.94. The summed E-state index contributed by atoms with van der Waals surface area (Å²) in [6.45, 7) is 0. The van der Waals surface area contributed by atoms with Gasteiger partial charge in [0.2, 0.25) is 0 Å². The Balaban J connectivity index is 3.81. The van der Waals surface area contributed by atoms with E-state index >= 15 is 0 Å². The summed E-state index contributed by atoms with van der Waals surface area (Å²) in [5.74, 6) is 0. The highest BCUT2D eigenvalue weighted by Crippen LogP contribution is 1.63. The molecule has 6 heteroatoms. The van der Waals surface area contributed by atoms with Gasteiger partial charge in [-0.1, -0.05) is 0 Å².